The van der Waals surface area contributed by atoms with E-state index >= 15 is 0 Å². The van der Waals surface area contributed by atoms with Gasteiger partial charge in [-0.15, -0.1) is 0 Å². The largest absolute Gasteiger partial charge is 0.486 e. The number of nitrogens with one attached hydrogen (secondary N) is 1. The van der Waals surface area contributed by atoms with Crippen molar-refractivity contribution in [2.45, 2.75) is 13.0 Å². The second-order valence-electron chi connectivity index (χ2n) is 7.16. The fraction of sp³-hybridized carbons (Fsp3) is 0.208. The van der Waals surface area contributed by atoms with Crippen LogP contribution in [0.3, 0.4) is 0 Å². The standard InChI is InChI=1S/C24H21NO4/c26-23-14-18(24-19-4-2-1-3-17(19)6-8-21(24)29-23)15-25-10-9-16-5-7-20-22(13-16)28-12-11-27-20/h1-8,13-14,25H,9-12,15H2. The Bertz CT molecular complexity index is 1240. The Morgan fingerprint density at radius 1 is 0.897 bits per heavy atom. The van der Waals surface area contributed by atoms with E-state index in [-0.39, 0.29) is 5.63 Å². The van der Waals surface area contributed by atoms with Crippen molar-refractivity contribution in [2.75, 3.05) is 19.8 Å². The first-order chi connectivity index (χ1) is 14.3. The summed E-state index contributed by atoms with van der Waals surface area (Å²) in [6.07, 6.45) is 0.858. The van der Waals surface area contributed by atoms with Crippen LogP contribution in [0.4, 0.5) is 0 Å². The van der Waals surface area contributed by atoms with Gasteiger partial charge in [-0.05, 0) is 53.1 Å². The molecule has 0 unspecified atom stereocenters. The third kappa shape index (κ3) is 3.57. The van der Waals surface area contributed by atoms with Crippen LogP contribution in [-0.4, -0.2) is 19.8 Å². The van der Waals surface area contributed by atoms with Crippen LogP contribution in [0.25, 0.3) is 21.7 Å². The molecule has 1 N–H and O–H groups in total. The Morgan fingerprint density at radius 2 is 1.76 bits per heavy atom. The molecular weight excluding hydrogens is 366 g/mol. The smallest absolute Gasteiger partial charge is 0.336 e. The maximum atomic E-state index is 12.0. The molecule has 1 aliphatic rings. The van der Waals surface area contributed by atoms with Crippen molar-refractivity contribution in [3.05, 3.63) is 82.2 Å². The molecule has 1 aliphatic heterocycles. The van der Waals surface area contributed by atoms with E-state index in [4.69, 9.17) is 13.9 Å². The molecule has 0 fully saturated rings. The lowest BCUT2D eigenvalue weighted by Gasteiger charge is -2.19. The van der Waals surface area contributed by atoms with Crippen LogP contribution in [0.15, 0.2) is 69.9 Å². The summed E-state index contributed by atoms with van der Waals surface area (Å²) in [7, 11) is 0. The molecule has 0 amide bonds. The van der Waals surface area contributed by atoms with Gasteiger partial charge in [-0.2, -0.15) is 0 Å². The monoisotopic (exact) mass is 387 g/mol. The first-order valence-electron chi connectivity index (χ1n) is 9.82. The third-order valence-corrected chi connectivity index (χ3v) is 5.23. The summed E-state index contributed by atoms with van der Waals surface area (Å²) in [4.78, 5) is 12.0. The molecule has 5 rings (SSSR count). The van der Waals surface area contributed by atoms with Gasteiger partial charge in [0, 0.05) is 18.0 Å². The molecule has 2 heterocycles. The van der Waals surface area contributed by atoms with Gasteiger partial charge in [0.2, 0.25) is 0 Å². The Balaban J connectivity index is 1.34. The van der Waals surface area contributed by atoms with Gasteiger partial charge < -0.3 is 19.2 Å². The highest BCUT2D eigenvalue weighted by Crippen LogP contribution is 2.31. The van der Waals surface area contributed by atoms with Crippen molar-refractivity contribution in [3.63, 3.8) is 0 Å². The van der Waals surface area contributed by atoms with E-state index in [0.717, 1.165) is 46.2 Å². The van der Waals surface area contributed by atoms with Gasteiger partial charge >= 0.3 is 5.63 Å². The third-order valence-electron chi connectivity index (χ3n) is 5.23. The molecule has 146 valence electrons. The van der Waals surface area contributed by atoms with Crippen LogP contribution in [0.2, 0.25) is 0 Å². The molecule has 1 aromatic heterocycles. The second-order valence-corrected chi connectivity index (χ2v) is 7.16. The maximum absolute atomic E-state index is 12.0. The minimum absolute atomic E-state index is 0.323. The number of hydrogen-bond donors (Lipinski definition) is 1. The summed E-state index contributed by atoms with van der Waals surface area (Å²) in [6.45, 7) is 2.57. The topological polar surface area (TPSA) is 60.7 Å². The van der Waals surface area contributed by atoms with Gasteiger partial charge in [-0.3, -0.25) is 0 Å². The molecule has 0 saturated carbocycles. The van der Waals surface area contributed by atoms with Crippen molar-refractivity contribution >= 4 is 21.7 Å². The minimum atomic E-state index is -0.323. The lowest BCUT2D eigenvalue weighted by Crippen LogP contribution is -2.18. The summed E-state index contributed by atoms with van der Waals surface area (Å²) >= 11 is 0. The van der Waals surface area contributed by atoms with E-state index in [1.807, 2.05) is 36.4 Å². The van der Waals surface area contributed by atoms with Crippen molar-refractivity contribution in [3.8, 4) is 11.5 Å². The molecule has 4 aromatic rings. The van der Waals surface area contributed by atoms with Crippen molar-refractivity contribution in [1.82, 2.24) is 5.32 Å². The highest BCUT2D eigenvalue weighted by molar-refractivity contribution is 6.07. The second kappa shape index (κ2) is 7.60. The number of rotatable bonds is 5. The van der Waals surface area contributed by atoms with E-state index in [1.54, 1.807) is 6.07 Å². The molecule has 0 radical (unpaired) electrons. The molecule has 0 atom stereocenters. The van der Waals surface area contributed by atoms with Crippen LogP contribution in [0.1, 0.15) is 11.1 Å². The lowest BCUT2D eigenvalue weighted by molar-refractivity contribution is 0.171. The predicted molar refractivity (Wildman–Crippen MR) is 113 cm³/mol. The zero-order valence-electron chi connectivity index (χ0n) is 15.9. The van der Waals surface area contributed by atoms with Gasteiger partial charge in [0.1, 0.15) is 18.8 Å². The van der Waals surface area contributed by atoms with Gasteiger partial charge in [0.05, 0.1) is 0 Å². The average molecular weight is 387 g/mol. The van der Waals surface area contributed by atoms with Gasteiger partial charge in [0.25, 0.3) is 0 Å². The van der Waals surface area contributed by atoms with Crippen LogP contribution in [0, 0.1) is 0 Å². The average Bonchev–Trinajstić information content (AvgIpc) is 2.76. The summed E-state index contributed by atoms with van der Waals surface area (Å²) in [5, 5.41) is 6.68. The van der Waals surface area contributed by atoms with Gasteiger partial charge in [-0.25, -0.2) is 4.79 Å². The van der Waals surface area contributed by atoms with Crippen LogP contribution in [0.5, 0.6) is 11.5 Å². The summed E-state index contributed by atoms with van der Waals surface area (Å²) in [5.41, 5.74) is 2.44. The van der Waals surface area contributed by atoms with Crippen molar-refractivity contribution < 1.29 is 13.9 Å². The molecule has 5 heteroatoms. The predicted octanol–water partition coefficient (Wildman–Crippen LogP) is 4.05. The van der Waals surface area contributed by atoms with E-state index in [1.165, 1.54) is 5.56 Å². The maximum Gasteiger partial charge on any atom is 0.336 e. The molecule has 5 nitrogen and oxygen atoms in total. The van der Waals surface area contributed by atoms with Gasteiger partial charge in [-0.1, -0.05) is 36.4 Å². The number of hydrogen-bond acceptors (Lipinski definition) is 5. The van der Waals surface area contributed by atoms with Crippen LogP contribution < -0.4 is 20.4 Å². The van der Waals surface area contributed by atoms with E-state index < -0.39 is 0 Å². The Kier molecular flexibility index (Phi) is 4.66. The van der Waals surface area contributed by atoms with Crippen molar-refractivity contribution in [1.29, 1.82) is 0 Å². The normalized spacial score (nSPS) is 13.1. The van der Waals surface area contributed by atoms with E-state index in [2.05, 4.69) is 23.5 Å². The summed E-state index contributed by atoms with van der Waals surface area (Å²) in [6, 6.07) is 19.7. The molecule has 3 aromatic carbocycles. The van der Waals surface area contributed by atoms with Gasteiger partial charge in [0.15, 0.2) is 11.5 Å². The highest BCUT2D eigenvalue weighted by Gasteiger charge is 2.12. The Morgan fingerprint density at radius 3 is 2.69 bits per heavy atom. The van der Waals surface area contributed by atoms with Crippen LogP contribution >= 0.6 is 0 Å². The highest BCUT2D eigenvalue weighted by atomic mass is 16.6. The fourth-order valence-electron chi connectivity index (χ4n) is 3.86. The van der Waals surface area contributed by atoms with Crippen molar-refractivity contribution in [2.24, 2.45) is 0 Å². The van der Waals surface area contributed by atoms with E-state index in [0.29, 0.717) is 25.3 Å². The Labute approximate surface area is 167 Å². The first kappa shape index (κ1) is 17.8. The molecular formula is C24H21NO4. The molecule has 0 spiro atoms. The number of fused-ring (bicyclic) bond motifs is 4. The first-order valence-corrected chi connectivity index (χ1v) is 9.82. The Hall–Kier alpha value is -3.31. The van der Waals surface area contributed by atoms with Crippen LogP contribution in [-0.2, 0) is 13.0 Å². The fourth-order valence-corrected chi connectivity index (χ4v) is 3.86. The quantitative estimate of drug-likeness (QED) is 0.318. The molecule has 0 saturated heterocycles. The minimum Gasteiger partial charge on any atom is -0.486 e. The molecule has 29 heavy (non-hydrogen) atoms. The van der Waals surface area contributed by atoms with E-state index in [9.17, 15) is 4.79 Å². The summed E-state index contributed by atoms with van der Waals surface area (Å²) < 4.78 is 16.7. The lowest BCUT2D eigenvalue weighted by atomic mass is 10.0. The SMILES string of the molecule is O=c1cc(CNCCc2ccc3c(c2)OCCO3)c2c(ccc3ccccc32)o1. The number of ether oxygens (including phenoxy) is 2. The molecule has 0 aliphatic carbocycles. The zero-order chi connectivity index (χ0) is 19.6. The summed E-state index contributed by atoms with van der Waals surface area (Å²) in [5.74, 6) is 1.62. The number of benzene rings is 3. The zero-order valence-corrected chi connectivity index (χ0v) is 15.9. The molecule has 0 bridgehead atoms.